The van der Waals surface area contributed by atoms with Crippen molar-refractivity contribution in [3.63, 3.8) is 0 Å². The third-order valence-corrected chi connectivity index (χ3v) is 3.54. The number of rotatable bonds is 6. The van der Waals surface area contributed by atoms with Gasteiger partial charge in [-0.2, -0.15) is 0 Å². The van der Waals surface area contributed by atoms with Crippen molar-refractivity contribution in [2.75, 3.05) is 25.2 Å². The molecule has 0 spiro atoms. The van der Waals surface area contributed by atoms with E-state index in [1.54, 1.807) is 19.2 Å². The average molecular weight is 318 g/mol. The minimum atomic E-state index is -1.01. The summed E-state index contributed by atoms with van der Waals surface area (Å²) in [5.74, 6) is 0.116. The number of benzene rings is 1. The minimum absolute atomic E-state index is 0.0725. The van der Waals surface area contributed by atoms with Crippen LogP contribution >= 0.6 is 0 Å². The van der Waals surface area contributed by atoms with Crippen molar-refractivity contribution in [2.45, 2.75) is 26.3 Å². The highest BCUT2D eigenvalue weighted by Gasteiger charge is 2.32. The Bertz CT molecular complexity index is 625. The van der Waals surface area contributed by atoms with E-state index in [1.165, 1.54) is 0 Å². The molecule has 1 N–H and O–H groups in total. The van der Waals surface area contributed by atoms with E-state index in [9.17, 15) is 9.90 Å². The molecule has 0 fully saturated rings. The fourth-order valence-electron chi connectivity index (χ4n) is 2.57. The van der Waals surface area contributed by atoms with Crippen LogP contribution in [0.4, 0.5) is 5.69 Å². The molecule has 0 saturated heterocycles. The lowest BCUT2D eigenvalue weighted by Crippen LogP contribution is -2.45. The number of aromatic carboxylic acids is 1. The zero-order valence-electron chi connectivity index (χ0n) is 13.7. The normalized spacial score (nSPS) is 18.0. The van der Waals surface area contributed by atoms with Gasteiger partial charge in [0.15, 0.2) is 5.75 Å². The fraction of sp³-hybridized carbons (Fsp3) is 0.412. The van der Waals surface area contributed by atoms with Gasteiger partial charge in [-0.1, -0.05) is 13.0 Å². The molecule has 1 atom stereocenters. The van der Waals surface area contributed by atoms with Crippen molar-refractivity contribution in [3.05, 3.63) is 35.7 Å². The Hall–Kier alpha value is -2.34. The van der Waals surface area contributed by atoms with Gasteiger partial charge in [0.25, 0.3) is 0 Å². The van der Waals surface area contributed by atoms with E-state index in [0.717, 1.165) is 12.2 Å². The summed E-state index contributed by atoms with van der Waals surface area (Å²) >= 11 is 0. The molecule has 1 aliphatic heterocycles. The number of para-hydroxylation sites is 1. The summed E-state index contributed by atoms with van der Waals surface area (Å²) in [7, 11) is 1.63. The summed E-state index contributed by atoms with van der Waals surface area (Å²) in [6, 6.07) is 5.02. The van der Waals surface area contributed by atoms with E-state index in [1.807, 2.05) is 37.1 Å². The average Bonchev–Trinajstić information content (AvgIpc) is 2.56. The number of hydrogen-bond acceptors (Lipinski definition) is 5. The lowest BCUT2D eigenvalue weighted by molar-refractivity contribution is 0.0689. The van der Waals surface area contributed by atoms with Gasteiger partial charge in [-0.25, -0.2) is 9.79 Å². The zero-order chi connectivity index (χ0) is 16.8. The number of methoxy groups -OCH3 is 1. The van der Waals surface area contributed by atoms with E-state index in [4.69, 9.17) is 9.47 Å². The summed E-state index contributed by atoms with van der Waals surface area (Å²) in [4.78, 5) is 17.9. The van der Waals surface area contributed by atoms with Crippen molar-refractivity contribution >= 4 is 17.9 Å². The fourth-order valence-corrected chi connectivity index (χ4v) is 2.57. The molecule has 0 amide bonds. The number of carbonyl (C=O) groups is 1. The molecule has 0 saturated carbocycles. The van der Waals surface area contributed by atoms with Gasteiger partial charge in [0.05, 0.1) is 18.3 Å². The van der Waals surface area contributed by atoms with Gasteiger partial charge in [0, 0.05) is 13.3 Å². The second kappa shape index (κ2) is 7.78. The number of anilines is 1. The first-order valence-corrected chi connectivity index (χ1v) is 7.60. The number of ether oxygens (including phenoxy) is 2. The Morgan fingerprint density at radius 3 is 2.96 bits per heavy atom. The van der Waals surface area contributed by atoms with Crippen LogP contribution in [0.1, 0.15) is 30.6 Å². The van der Waals surface area contributed by atoms with Gasteiger partial charge in [-0.05, 0) is 31.6 Å². The van der Waals surface area contributed by atoms with Crippen LogP contribution in [0.3, 0.4) is 0 Å². The third-order valence-electron chi connectivity index (χ3n) is 3.54. The first-order valence-electron chi connectivity index (χ1n) is 7.60. The highest BCUT2D eigenvalue weighted by atomic mass is 16.5. The Morgan fingerprint density at radius 2 is 2.35 bits per heavy atom. The predicted molar refractivity (Wildman–Crippen MR) is 89.6 cm³/mol. The SMILES string of the molecule is C/C=C(\N=C/CC)N1c2cccc(C(=O)O)c2OC[C@@H]1COC. The molecule has 6 nitrogen and oxygen atoms in total. The molecule has 1 aliphatic rings. The number of fused-ring (bicyclic) bond motifs is 1. The van der Waals surface area contributed by atoms with E-state index in [2.05, 4.69) is 4.99 Å². The van der Waals surface area contributed by atoms with Gasteiger partial charge in [-0.15, -0.1) is 0 Å². The number of nitrogens with zero attached hydrogens (tertiary/aromatic N) is 2. The second-order valence-electron chi connectivity index (χ2n) is 5.12. The summed E-state index contributed by atoms with van der Waals surface area (Å²) < 4.78 is 11.0. The Balaban J connectivity index is 2.54. The van der Waals surface area contributed by atoms with Gasteiger partial charge in [-0.3, -0.25) is 0 Å². The Morgan fingerprint density at radius 1 is 1.57 bits per heavy atom. The molecule has 0 radical (unpaired) electrons. The van der Waals surface area contributed by atoms with E-state index >= 15 is 0 Å². The molecule has 23 heavy (non-hydrogen) atoms. The van der Waals surface area contributed by atoms with Crippen LogP contribution in [0.15, 0.2) is 35.1 Å². The topological polar surface area (TPSA) is 71.4 Å². The first kappa shape index (κ1) is 17.0. The van der Waals surface area contributed by atoms with E-state index in [0.29, 0.717) is 24.7 Å². The van der Waals surface area contributed by atoms with E-state index in [-0.39, 0.29) is 11.6 Å². The molecule has 0 aliphatic carbocycles. The molecule has 0 bridgehead atoms. The van der Waals surface area contributed by atoms with Crippen molar-refractivity contribution in [3.8, 4) is 5.75 Å². The van der Waals surface area contributed by atoms with E-state index < -0.39 is 5.97 Å². The molecular formula is C17H22N2O4. The lowest BCUT2D eigenvalue weighted by atomic mass is 10.1. The highest BCUT2D eigenvalue weighted by molar-refractivity contribution is 5.94. The molecule has 6 heteroatoms. The van der Waals surface area contributed by atoms with Crippen LogP contribution in [0.5, 0.6) is 5.75 Å². The highest BCUT2D eigenvalue weighted by Crippen LogP contribution is 2.39. The number of carboxylic acids is 1. The quantitative estimate of drug-likeness (QED) is 0.817. The molecular weight excluding hydrogens is 296 g/mol. The van der Waals surface area contributed by atoms with Gasteiger partial charge in [0.1, 0.15) is 18.0 Å². The molecule has 1 heterocycles. The van der Waals surface area contributed by atoms with Crippen LogP contribution in [0, 0.1) is 0 Å². The second-order valence-corrected chi connectivity index (χ2v) is 5.12. The molecule has 2 rings (SSSR count). The first-order chi connectivity index (χ1) is 11.1. The summed E-state index contributed by atoms with van der Waals surface area (Å²) in [6.45, 7) is 4.71. The standard InChI is InChI=1S/C17H22N2O4/c1-4-9-18-15(5-2)19-12(10-22-3)11-23-16-13(17(20)21)7-6-8-14(16)19/h5-9,12H,4,10-11H2,1-3H3,(H,20,21)/b15-5+,18-9-/t12-/m0/s1. The summed E-state index contributed by atoms with van der Waals surface area (Å²) in [5.41, 5.74) is 0.845. The molecule has 1 aromatic carbocycles. The number of carboxylic acid groups (broad SMARTS) is 1. The largest absolute Gasteiger partial charge is 0.488 e. The van der Waals surface area contributed by atoms with Crippen LogP contribution in [-0.2, 0) is 4.74 Å². The van der Waals surface area contributed by atoms with Crippen molar-refractivity contribution in [1.82, 2.24) is 0 Å². The van der Waals surface area contributed by atoms with Gasteiger partial charge >= 0.3 is 5.97 Å². The number of allylic oxidation sites excluding steroid dienone is 1. The van der Waals surface area contributed by atoms with Crippen LogP contribution < -0.4 is 9.64 Å². The van der Waals surface area contributed by atoms with Crippen molar-refractivity contribution < 1.29 is 19.4 Å². The van der Waals surface area contributed by atoms with Crippen LogP contribution in [0.25, 0.3) is 0 Å². The van der Waals surface area contributed by atoms with Gasteiger partial charge in [0.2, 0.25) is 0 Å². The zero-order valence-corrected chi connectivity index (χ0v) is 13.7. The summed E-state index contributed by atoms with van der Waals surface area (Å²) in [6.07, 6.45) is 4.55. The maximum absolute atomic E-state index is 11.4. The lowest BCUT2D eigenvalue weighted by Gasteiger charge is -2.38. The van der Waals surface area contributed by atoms with Crippen LogP contribution in [0.2, 0.25) is 0 Å². The number of aliphatic imine (C=N–C) groups is 1. The minimum Gasteiger partial charge on any atom is -0.488 e. The maximum Gasteiger partial charge on any atom is 0.339 e. The monoisotopic (exact) mass is 318 g/mol. The van der Waals surface area contributed by atoms with Gasteiger partial charge < -0.3 is 19.5 Å². The Kier molecular flexibility index (Phi) is 5.76. The summed E-state index contributed by atoms with van der Waals surface area (Å²) in [5, 5.41) is 9.37. The number of hydrogen-bond donors (Lipinski definition) is 1. The maximum atomic E-state index is 11.4. The predicted octanol–water partition coefficient (Wildman–Crippen LogP) is 2.94. The molecule has 0 unspecified atom stereocenters. The van der Waals surface area contributed by atoms with Crippen LogP contribution in [-0.4, -0.2) is 43.7 Å². The molecule has 124 valence electrons. The third kappa shape index (κ3) is 3.53. The smallest absolute Gasteiger partial charge is 0.339 e. The Labute approximate surface area is 136 Å². The van der Waals surface area contributed by atoms with Crippen molar-refractivity contribution in [2.24, 2.45) is 4.99 Å². The van der Waals surface area contributed by atoms with Crippen molar-refractivity contribution in [1.29, 1.82) is 0 Å². The molecule has 1 aromatic rings. The molecule has 0 aromatic heterocycles.